The number of hydrogen-bond acceptors (Lipinski definition) is 3. The molecule has 0 saturated heterocycles. The van der Waals surface area contributed by atoms with Gasteiger partial charge in [0.2, 0.25) is 11.8 Å². The maximum absolute atomic E-state index is 11.9. The average Bonchev–Trinajstić information content (AvgIpc) is 2.52. The molecule has 1 saturated carbocycles. The minimum absolute atomic E-state index is 0.0825. The number of amides is 2. The van der Waals surface area contributed by atoms with E-state index in [-0.39, 0.29) is 36.6 Å². The van der Waals surface area contributed by atoms with E-state index in [0.717, 1.165) is 32.1 Å². The van der Waals surface area contributed by atoms with Crippen molar-refractivity contribution in [2.45, 2.75) is 71.3 Å². The summed E-state index contributed by atoms with van der Waals surface area (Å²) >= 11 is 0. The fraction of sp³-hybridized carbons (Fsp3) is 0.882. The van der Waals surface area contributed by atoms with Crippen LogP contribution >= 0.6 is 0 Å². The fourth-order valence-electron chi connectivity index (χ4n) is 2.79. The van der Waals surface area contributed by atoms with E-state index in [4.69, 9.17) is 0 Å². The number of hydrogen-bond donors (Lipinski definition) is 3. The molecule has 1 fully saturated rings. The van der Waals surface area contributed by atoms with E-state index < -0.39 is 5.60 Å². The van der Waals surface area contributed by atoms with Crippen LogP contribution in [0, 0.1) is 11.8 Å². The first-order valence-electron chi connectivity index (χ1n) is 8.63. The van der Waals surface area contributed by atoms with Crippen LogP contribution in [-0.2, 0) is 9.59 Å². The van der Waals surface area contributed by atoms with E-state index in [1.165, 1.54) is 6.42 Å². The normalized spacial score (nSPS) is 20.0. The van der Waals surface area contributed by atoms with Crippen LogP contribution in [0.5, 0.6) is 0 Å². The lowest BCUT2D eigenvalue weighted by molar-refractivity contribution is -0.126. The van der Waals surface area contributed by atoms with Crippen molar-refractivity contribution in [3.8, 4) is 0 Å². The summed E-state index contributed by atoms with van der Waals surface area (Å²) in [5, 5.41) is 15.8. The molecule has 0 aromatic carbocycles. The van der Waals surface area contributed by atoms with Crippen molar-refractivity contribution in [1.29, 1.82) is 0 Å². The van der Waals surface area contributed by atoms with E-state index in [1.54, 1.807) is 6.92 Å². The second-order valence-electron chi connectivity index (χ2n) is 6.82. The van der Waals surface area contributed by atoms with Crippen LogP contribution in [0.1, 0.15) is 65.7 Å². The summed E-state index contributed by atoms with van der Waals surface area (Å²) in [6.07, 6.45) is 6.54. The van der Waals surface area contributed by atoms with Crippen LogP contribution in [0.2, 0.25) is 0 Å². The quantitative estimate of drug-likeness (QED) is 0.641. The number of aliphatic hydroxyl groups is 1. The van der Waals surface area contributed by atoms with Gasteiger partial charge in [-0.25, -0.2) is 0 Å². The Morgan fingerprint density at radius 3 is 2.45 bits per heavy atom. The highest BCUT2D eigenvalue weighted by Gasteiger charge is 2.27. The van der Waals surface area contributed by atoms with E-state index >= 15 is 0 Å². The maximum atomic E-state index is 11.9. The summed E-state index contributed by atoms with van der Waals surface area (Å²) in [6.45, 7) is 6.34. The van der Waals surface area contributed by atoms with E-state index in [9.17, 15) is 14.7 Å². The molecule has 2 amide bonds. The van der Waals surface area contributed by atoms with Gasteiger partial charge in [0.25, 0.3) is 0 Å². The van der Waals surface area contributed by atoms with Gasteiger partial charge in [0.05, 0.1) is 5.60 Å². The van der Waals surface area contributed by atoms with Crippen molar-refractivity contribution in [3.63, 3.8) is 0 Å². The molecule has 0 aromatic rings. The fourth-order valence-corrected chi connectivity index (χ4v) is 2.79. The smallest absolute Gasteiger partial charge is 0.223 e. The van der Waals surface area contributed by atoms with Crippen molar-refractivity contribution in [2.75, 3.05) is 13.1 Å². The molecule has 5 heteroatoms. The molecule has 0 spiro atoms. The topological polar surface area (TPSA) is 78.4 Å². The monoisotopic (exact) mass is 312 g/mol. The lowest BCUT2D eigenvalue weighted by Crippen LogP contribution is -2.45. The third kappa shape index (κ3) is 6.34. The highest BCUT2D eigenvalue weighted by atomic mass is 16.3. The van der Waals surface area contributed by atoms with Crippen LogP contribution in [0.25, 0.3) is 0 Å². The molecule has 1 aliphatic carbocycles. The average molecular weight is 312 g/mol. The van der Waals surface area contributed by atoms with E-state index in [0.29, 0.717) is 6.54 Å². The molecule has 1 rings (SSSR count). The summed E-state index contributed by atoms with van der Waals surface area (Å²) in [5.41, 5.74) is -0.893. The SMILES string of the molecule is CCC(C)C(C)(O)CNC(=O)CCNC(=O)C1CCCCC1. The van der Waals surface area contributed by atoms with Crippen LogP contribution in [-0.4, -0.2) is 35.6 Å². The van der Waals surface area contributed by atoms with Gasteiger partial charge >= 0.3 is 0 Å². The van der Waals surface area contributed by atoms with Gasteiger partial charge in [-0.3, -0.25) is 9.59 Å². The number of carbonyl (C=O) groups is 2. The van der Waals surface area contributed by atoms with E-state index in [1.807, 2.05) is 13.8 Å². The van der Waals surface area contributed by atoms with Gasteiger partial charge in [-0.1, -0.05) is 39.5 Å². The van der Waals surface area contributed by atoms with Crippen molar-refractivity contribution >= 4 is 11.8 Å². The van der Waals surface area contributed by atoms with E-state index in [2.05, 4.69) is 10.6 Å². The van der Waals surface area contributed by atoms with Gasteiger partial charge in [0, 0.05) is 25.4 Å². The molecule has 0 bridgehead atoms. The Hall–Kier alpha value is -1.10. The Balaban J connectivity index is 2.19. The Morgan fingerprint density at radius 1 is 1.23 bits per heavy atom. The largest absolute Gasteiger partial charge is 0.388 e. The third-order valence-corrected chi connectivity index (χ3v) is 4.94. The Bertz CT molecular complexity index is 363. The number of carbonyl (C=O) groups excluding carboxylic acids is 2. The highest BCUT2D eigenvalue weighted by molar-refractivity contribution is 5.80. The Labute approximate surface area is 134 Å². The van der Waals surface area contributed by atoms with Crippen LogP contribution in [0.3, 0.4) is 0 Å². The molecule has 0 aromatic heterocycles. The Kier molecular flexibility index (Phi) is 7.87. The molecule has 0 aliphatic heterocycles. The van der Waals surface area contributed by atoms with Crippen LogP contribution < -0.4 is 10.6 Å². The highest BCUT2D eigenvalue weighted by Crippen LogP contribution is 2.23. The summed E-state index contributed by atoms with van der Waals surface area (Å²) in [7, 11) is 0. The van der Waals surface area contributed by atoms with Crippen LogP contribution in [0.15, 0.2) is 0 Å². The van der Waals surface area contributed by atoms with Crippen molar-refractivity contribution in [2.24, 2.45) is 11.8 Å². The lowest BCUT2D eigenvalue weighted by atomic mass is 9.88. The van der Waals surface area contributed by atoms with Crippen molar-refractivity contribution < 1.29 is 14.7 Å². The van der Waals surface area contributed by atoms with Gasteiger partial charge in [0.15, 0.2) is 0 Å². The zero-order valence-electron chi connectivity index (χ0n) is 14.3. The first-order chi connectivity index (χ1) is 10.4. The molecular formula is C17H32N2O3. The van der Waals surface area contributed by atoms with Gasteiger partial charge < -0.3 is 15.7 Å². The minimum Gasteiger partial charge on any atom is -0.388 e. The summed E-state index contributed by atoms with van der Waals surface area (Å²) in [5.74, 6) is 0.202. The number of nitrogens with one attached hydrogen (secondary N) is 2. The van der Waals surface area contributed by atoms with Gasteiger partial charge in [-0.15, -0.1) is 0 Å². The molecule has 0 radical (unpaired) electrons. The molecule has 0 heterocycles. The summed E-state index contributed by atoms with van der Waals surface area (Å²) in [4.78, 5) is 23.7. The van der Waals surface area contributed by atoms with Crippen molar-refractivity contribution in [1.82, 2.24) is 10.6 Å². The molecule has 3 N–H and O–H groups in total. The number of rotatable bonds is 8. The molecule has 2 unspecified atom stereocenters. The van der Waals surface area contributed by atoms with Crippen molar-refractivity contribution in [3.05, 3.63) is 0 Å². The first kappa shape index (κ1) is 18.9. The Morgan fingerprint density at radius 2 is 1.86 bits per heavy atom. The molecule has 5 nitrogen and oxygen atoms in total. The van der Waals surface area contributed by atoms with Crippen LogP contribution in [0.4, 0.5) is 0 Å². The maximum Gasteiger partial charge on any atom is 0.223 e. The van der Waals surface area contributed by atoms with Gasteiger partial charge in [-0.05, 0) is 25.7 Å². The summed E-state index contributed by atoms with van der Waals surface area (Å²) < 4.78 is 0. The third-order valence-electron chi connectivity index (χ3n) is 4.94. The van der Waals surface area contributed by atoms with Gasteiger partial charge in [0.1, 0.15) is 0 Å². The van der Waals surface area contributed by atoms with Gasteiger partial charge in [-0.2, -0.15) is 0 Å². The second kappa shape index (κ2) is 9.13. The molecular weight excluding hydrogens is 280 g/mol. The molecule has 128 valence electrons. The molecule has 22 heavy (non-hydrogen) atoms. The standard InChI is InChI=1S/C17H32N2O3/c1-4-13(2)17(3,22)12-19-15(20)10-11-18-16(21)14-8-6-5-7-9-14/h13-14,22H,4-12H2,1-3H3,(H,18,21)(H,19,20). The summed E-state index contributed by atoms with van der Waals surface area (Å²) in [6, 6.07) is 0. The zero-order chi connectivity index (χ0) is 16.6. The molecule has 1 aliphatic rings. The molecule has 2 atom stereocenters. The second-order valence-corrected chi connectivity index (χ2v) is 6.82. The zero-order valence-corrected chi connectivity index (χ0v) is 14.3. The predicted molar refractivity (Wildman–Crippen MR) is 87.3 cm³/mol. The lowest BCUT2D eigenvalue weighted by Gasteiger charge is -2.29. The first-order valence-corrected chi connectivity index (χ1v) is 8.63. The minimum atomic E-state index is -0.893. The predicted octanol–water partition coefficient (Wildman–Crippen LogP) is 1.99.